The standard InChI is InChI=1S/C18H25BClN3O2/c1-18(2,3)25-17(24)21-11-5-4-6-14-22-15(16(20)23-14)12-7-9-13(19)10-8-12/h7-10H,4-6,11,19H2,1-3H3,(H,21,24)(H,22,23). The third-order valence-corrected chi connectivity index (χ3v) is 3.83. The Morgan fingerprint density at radius 1 is 1.28 bits per heavy atom. The molecular weight excluding hydrogens is 336 g/mol. The Hall–Kier alpha value is -1.95. The van der Waals surface area contributed by atoms with Crippen molar-refractivity contribution in [2.75, 3.05) is 6.54 Å². The van der Waals surface area contributed by atoms with Crippen molar-refractivity contribution in [3.63, 3.8) is 0 Å². The molecule has 0 aliphatic heterocycles. The molecule has 7 heteroatoms. The summed E-state index contributed by atoms with van der Waals surface area (Å²) in [5.41, 5.74) is 2.61. The third kappa shape index (κ3) is 6.46. The number of hydrogen-bond acceptors (Lipinski definition) is 3. The molecule has 1 amide bonds. The smallest absolute Gasteiger partial charge is 0.407 e. The van der Waals surface area contributed by atoms with Crippen LogP contribution in [0.1, 0.15) is 39.4 Å². The van der Waals surface area contributed by atoms with Gasteiger partial charge in [-0.3, -0.25) is 0 Å². The summed E-state index contributed by atoms with van der Waals surface area (Å²) in [5.74, 6) is 0.859. The number of amides is 1. The third-order valence-electron chi connectivity index (χ3n) is 3.56. The summed E-state index contributed by atoms with van der Waals surface area (Å²) in [6.07, 6.45) is 2.14. The van der Waals surface area contributed by atoms with Gasteiger partial charge < -0.3 is 15.0 Å². The van der Waals surface area contributed by atoms with Gasteiger partial charge in [0.1, 0.15) is 19.3 Å². The molecule has 0 aliphatic rings. The van der Waals surface area contributed by atoms with E-state index in [-0.39, 0.29) is 6.09 Å². The second-order valence-electron chi connectivity index (χ2n) is 7.10. The van der Waals surface area contributed by atoms with Gasteiger partial charge in [0.15, 0.2) is 5.15 Å². The van der Waals surface area contributed by atoms with Crippen molar-refractivity contribution in [3.8, 4) is 11.3 Å². The highest BCUT2D eigenvalue weighted by Crippen LogP contribution is 2.25. The number of benzene rings is 1. The lowest BCUT2D eigenvalue weighted by atomic mass is 9.95. The van der Waals surface area contributed by atoms with E-state index in [1.54, 1.807) is 0 Å². The van der Waals surface area contributed by atoms with Crippen LogP contribution in [0.4, 0.5) is 4.79 Å². The number of unbranched alkanes of at least 4 members (excludes halogenated alkanes) is 1. The highest BCUT2D eigenvalue weighted by molar-refractivity contribution is 6.33. The molecule has 1 aromatic heterocycles. The summed E-state index contributed by atoms with van der Waals surface area (Å²) in [7, 11) is 2.05. The predicted octanol–water partition coefficient (Wildman–Crippen LogP) is 2.84. The van der Waals surface area contributed by atoms with E-state index in [0.29, 0.717) is 11.7 Å². The summed E-state index contributed by atoms with van der Waals surface area (Å²) in [6.45, 7) is 6.12. The lowest BCUT2D eigenvalue weighted by Crippen LogP contribution is -2.33. The molecule has 0 saturated carbocycles. The molecular formula is C18H25BClN3O2. The van der Waals surface area contributed by atoms with E-state index in [1.165, 1.54) is 5.46 Å². The van der Waals surface area contributed by atoms with Crippen LogP contribution in [0, 0.1) is 0 Å². The average Bonchev–Trinajstić information content (AvgIpc) is 2.87. The normalized spacial score (nSPS) is 11.4. The van der Waals surface area contributed by atoms with Crippen LogP contribution in [0.15, 0.2) is 24.3 Å². The molecule has 134 valence electrons. The number of alkyl carbamates (subject to hydrolysis) is 1. The fourth-order valence-corrected chi connectivity index (χ4v) is 2.61. The van der Waals surface area contributed by atoms with E-state index < -0.39 is 5.60 Å². The van der Waals surface area contributed by atoms with Crippen LogP contribution >= 0.6 is 11.6 Å². The Kier molecular flexibility index (Phi) is 6.54. The fraction of sp³-hybridized carbons (Fsp3) is 0.444. The summed E-state index contributed by atoms with van der Waals surface area (Å²) >= 11 is 6.25. The van der Waals surface area contributed by atoms with E-state index in [4.69, 9.17) is 16.3 Å². The maximum Gasteiger partial charge on any atom is 0.407 e. The first-order valence-corrected chi connectivity index (χ1v) is 8.91. The topological polar surface area (TPSA) is 67.0 Å². The lowest BCUT2D eigenvalue weighted by Gasteiger charge is -2.19. The van der Waals surface area contributed by atoms with E-state index in [0.717, 1.165) is 36.3 Å². The van der Waals surface area contributed by atoms with Crippen molar-refractivity contribution in [2.24, 2.45) is 0 Å². The van der Waals surface area contributed by atoms with E-state index >= 15 is 0 Å². The minimum Gasteiger partial charge on any atom is -0.444 e. The van der Waals surface area contributed by atoms with E-state index in [2.05, 4.69) is 35.3 Å². The van der Waals surface area contributed by atoms with Crippen molar-refractivity contribution < 1.29 is 9.53 Å². The number of rotatable bonds is 6. The van der Waals surface area contributed by atoms with Gasteiger partial charge >= 0.3 is 6.09 Å². The van der Waals surface area contributed by atoms with Crippen molar-refractivity contribution in [2.45, 2.75) is 45.6 Å². The van der Waals surface area contributed by atoms with Crippen LogP contribution in [0.25, 0.3) is 11.3 Å². The molecule has 0 fully saturated rings. The monoisotopic (exact) mass is 361 g/mol. The van der Waals surface area contributed by atoms with Crippen LogP contribution in [-0.2, 0) is 11.2 Å². The SMILES string of the molecule is Bc1ccc(-c2[nH]c(CCCCNC(=O)OC(C)(C)C)nc2Cl)cc1. The summed E-state index contributed by atoms with van der Waals surface area (Å²) in [4.78, 5) is 19.2. The van der Waals surface area contributed by atoms with Crippen molar-refractivity contribution in [1.82, 2.24) is 15.3 Å². The number of aryl methyl sites for hydroxylation is 1. The number of hydrogen-bond donors (Lipinski definition) is 2. The minimum absolute atomic E-state index is 0.379. The molecule has 0 bridgehead atoms. The molecule has 1 heterocycles. The van der Waals surface area contributed by atoms with Gasteiger partial charge in [-0.15, -0.1) is 0 Å². The number of ether oxygens (including phenoxy) is 1. The van der Waals surface area contributed by atoms with Crippen LogP contribution in [-0.4, -0.2) is 36.1 Å². The van der Waals surface area contributed by atoms with Gasteiger partial charge in [-0.1, -0.05) is 41.3 Å². The number of imidazole rings is 1. The first kappa shape index (κ1) is 19.4. The quantitative estimate of drug-likeness (QED) is 0.614. The first-order chi connectivity index (χ1) is 11.7. The number of nitrogens with one attached hydrogen (secondary N) is 2. The number of carbonyl (C=O) groups is 1. The number of H-pyrrole nitrogens is 1. The molecule has 5 nitrogen and oxygen atoms in total. The summed E-state index contributed by atoms with van der Waals surface area (Å²) < 4.78 is 5.19. The Balaban J connectivity index is 1.78. The second-order valence-corrected chi connectivity index (χ2v) is 7.46. The predicted molar refractivity (Wildman–Crippen MR) is 104 cm³/mol. The Morgan fingerprint density at radius 2 is 1.96 bits per heavy atom. The van der Waals surface area contributed by atoms with Gasteiger partial charge in [-0.2, -0.15) is 0 Å². The zero-order chi connectivity index (χ0) is 18.4. The maximum absolute atomic E-state index is 11.6. The molecule has 2 rings (SSSR count). The highest BCUT2D eigenvalue weighted by atomic mass is 35.5. The number of carbonyl (C=O) groups excluding carboxylic acids is 1. The van der Waals surface area contributed by atoms with Crippen LogP contribution < -0.4 is 10.8 Å². The second kappa shape index (κ2) is 8.43. The summed E-state index contributed by atoms with van der Waals surface area (Å²) in [6, 6.07) is 8.16. The van der Waals surface area contributed by atoms with Gasteiger partial charge in [0.25, 0.3) is 0 Å². The largest absolute Gasteiger partial charge is 0.444 e. The van der Waals surface area contributed by atoms with Crippen LogP contribution in [0.3, 0.4) is 0 Å². The number of halogens is 1. The van der Waals surface area contributed by atoms with E-state index in [9.17, 15) is 4.79 Å². The Bertz CT molecular complexity index is 708. The van der Waals surface area contributed by atoms with E-state index in [1.807, 2.05) is 32.9 Å². The lowest BCUT2D eigenvalue weighted by molar-refractivity contribution is 0.0527. The molecule has 2 aromatic rings. The molecule has 1 aromatic carbocycles. The Morgan fingerprint density at radius 3 is 2.60 bits per heavy atom. The minimum atomic E-state index is -0.471. The van der Waals surface area contributed by atoms with Crippen molar-refractivity contribution in [3.05, 3.63) is 35.2 Å². The molecule has 2 N–H and O–H groups in total. The number of nitrogens with zero attached hydrogens (tertiary/aromatic N) is 1. The molecule has 0 unspecified atom stereocenters. The van der Waals surface area contributed by atoms with Crippen molar-refractivity contribution >= 4 is 31.0 Å². The average molecular weight is 362 g/mol. The van der Waals surface area contributed by atoms with Crippen LogP contribution in [0.5, 0.6) is 0 Å². The van der Waals surface area contributed by atoms with Gasteiger partial charge in [0, 0.05) is 18.5 Å². The van der Waals surface area contributed by atoms with Crippen LogP contribution in [0.2, 0.25) is 5.15 Å². The van der Waals surface area contributed by atoms with Crippen molar-refractivity contribution in [1.29, 1.82) is 0 Å². The zero-order valence-electron chi connectivity index (χ0n) is 15.3. The summed E-state index contributed by atoms with van der Waals surface area (Å²) in [5, 5.41) is 3.25. The van der Waals surface area contributed by atoms with Gasteiger partial charge in [0.2, 0.25) is 0 Å². The van der Waals surface area contributed by atoms with Gasteiger partial charge in [0.05, 0.1) is 5.69 Å². The van der Waals surface area contributed by atoms with Gasteiger partial charge in [-0.25, -0.2) is 9.78 Å². The zero-order valence-corrected chi connectivity index (χ0v) is 16.0. The molecule has 0 radical (unpaired) electrons. The Labute approximate surface area is 154 Å². The fourth-order valence-electron chi connectivity index (χ4n) is 2.35. The first-order valence-electron chi connectivity index (χ1n) is 8.53. The maximum atomic E-state index is 11.6. The molecule has 25 heavy (non-hydrogen) atoms. The molecule has 0 atom stereocenters. The molecule has 0 spiro atoms. The number of aromatic amines is 1. The molecule has 0 aliphatic carbocycles. The number of aromatic nitrogens is 2. The molecule has 0 saturated heterocycles. The highest BCUT2D eigenvalue weighted by Gasteiger charge is 2.15. The van der Waals surface area contributed by atoms with Gasteiger partial charge in [-0.05, 0) is 33.6 Å².